The van der Waals surface area contributed by atoms with Crippen molar-refractivity contribution < 1.29 is 4.74 Å². The summed E-state index contributed by atoms with van der Waals surface area (Å²) in [4.78, 5) is 0. The first-order chi connectivity index (χ1) is 9.29. The van der Waals surface area contributed by atoms with Crippen molar-refractivity contribution >= 4 is 23.2 Å². The van der Waals surface area contributed by atoms with Crippen LogP contribution in [-0.4, -0.2) is 12.5 Å². The van der Waals surface area contributed by atoms with Gasteiger partial charge in [-0.15, -0.1) is 11.6 Å². The summed E-state index contributed by atoms with van der Waals surface area (Å²) in [5.74, 6) is 1.77. The maximum Gasteiger partial charge on any atom is 0.119 e. The number of hydrogen-bond donors (Lipinski definition) is 0. The highest BCUT2D eigenvalue weighted by atomic mass is 35.5. The van der Waals surface area contributed by atoms with Crippen LogP contribution in [0.2, 0.25) is 5.02 Å². The van der Waals surface area contributed by atoms with Gasteiger partial charge in [-0.05, 0) is 36.2 Å². The minimum absolute atomic E-state index is 0.294. The molecule has 2 aromatic carbocycles. The van der Waals surface area contributed by atoms with E-state index in [0.717, 1.165) is 17.2 Å². The Morgan fingerprint density at radius 1 is 0.947 bits per heavy atom. The van der Waals surface area contributed by atoms with Crippen LogP contribution in [0, 0.1) is 0 Å². The molecule has 0 aliphatic heterocycles. The predicted octanol–water partition coefficient (Wildman–Crippen LogP) is 5.13. The molecule has 0 spiro atoms. The molecule has 3 heteroatoms. The predicted molar refractivity (Wildman–Crippen MR) is 81.5 cm³/mol. The van der Waals surface area contributed by atoms with E-state index in [9.17, 15) is 0 Å². The molecule has 0 aromatic heterocycles. The van der Waals surface area contributed by atoms with Crippen molar-refractivity contribution in [3.8, 4) is 5.75 Å². The second kappa shape index (κ2) is 7.42. The van der Waals surface area contributed by atoms with E-state index in [-0.39, 0.29) is 0 Å². The van der Waals surface area contributed by atoms with Gasteiger partial charge >= 0.3 is 0 Å². The summed E-state index contributed by atoms with van der Waals surface area (Å²) >= 11 is 11.9. The molecule has 2 rings (SSSR count). The molecule has 0 saturated carbocycles. The highest BCUT2D eigenvalue weighted by molar-refractivity contribution is 6.30. The molecule has 0 radical (unpaired) electrons. The summed E-state index contributed by atoms with van der Waals surface area (Å²) in [5, 5.41) is 0.748. The zero-order chi connectivity index (χ0) is 13.5. The number of benzene rings is 2. The van der Waals surface area contributed by atoms with Gasteiger partial charge in [0.15, 0.2) is 0 Å². The lowest BCUT2D eigenvalue weighted by atomic mass is 9.98. The number of ether oxygens (including phenoxy) is 1. The molecule has 19 heavy (non-hydrogen) atoms. The van der Waals surface area contributed by atoms with Crippen molar-refractivity contribution in [3.63, 3.8) is 0 Å². The maximum absolute atomic E-state index is 6.04. The first kappa shape index (κ1) is 14.2. The lowest BCUT2D eigenvalue weighted by Crippen LogP contribution is -2.07. The smallest absolute Gasteiger partial charge is 0.119 e. The molecule has 1 atom stereocenters. The Kier molecular flexibility index (Phi) is 5.56. The summed E-state index contributed by atoms with van der Waals surface area (Å²) < 4.78 is 5.70. The first-order valence-corrected chi connectivity index (χ1v) is 7.20. The van der Waals surface area contributed by atoms with Crippen LogP contribution in [0.1, 0.15) is 17.9 Å². The lowest BCUT2D eigenvalue weighted by Gasteiger charge is -2.15. The molecular weight excluding hydrogens is 279 g/mol. The molecule has 0 aliphatic rings. The first-order valence-electron chi connectivity index (χ1n) is 6.29. The second-order valence-electron chi connectivity index (χ2n) is 4.35. The number of para-hydroxylation sites is 1. The van der Waals surface area contributed by atoms with Gasteiger partial charge in [-0.3, -0.25) is 0 Å². The molecule has 0 aliphatic carbocycles. The van der Waals surface area contributed by atoms with Gasteiger partial charge in [0.05, 0.1) is 6.61 Å². The molecule has 100 valence electrons. The van der Waals surface area contributed by atoms with E-state index in [4.69, 9.17) is 27.9 Å². The third kappa shape index (κ3) is 4.45. The van der Waals surface area contributed by atoms with E-state index >= 15 is 0 Å². The van der Waals surface area contributed by atoms with Crippen molar-refractivity contribution in [1.29, 1.82) is 0 Å². The Labute approximate surface area is 124 Å². The van der Waals surface area contributed by atoms with Crippen LogP contribution in [0.25, 0.3) is 0 Å². The third-order valence-electron chi connectivity index (χ3n) is 3.01. The summed E-state index contributed by atoms with van der Waals surface area (Å²) in [6.07, 6.45) is 0.889. The molecule has 1 nitrogen and oxygen atoms in total. The molecule has 0 heterocycles. The maximum atomic E-state index is 6.04. The summed E-state index contributed by atoms with van der Waals surface area (Å²) in [5.41, 5.74) is 1.20. The Balaban J connectivity index is 1.87. The van der Waals surface area contributed by atoms with Crippen molar-refractivity contribution in [2.75, 3.05) is 12.5 Å². The fraction of sp³-hybridized carbons (Fsp3) is 0.250. The molecule has 1 unspecified atom stereocenters. The number of hydrogen-bond acceptors (Lipinski definition) is 1. The van der Waals surface area contributed by atoms with E-state index < -0.39 is 0 Å². The Hall–Kier alpha value is -1.18. The van der Waals surface area contributed by atoms with E-state index in [1.807, 2.05) is 54.6 Å². The summed E-state index contributed by atoms with van der Waals surface area (Å²) in [7, 11) is 0. The molecule has 0 amide bonds. The average molecular weight is 295 g/mol. The monoisotopic (exact) mass is 294 g/mol. The molecular formula is C16H16Cl2O. The number of halogens is 2. The van der Waals surface area contributed by atoms with Crippen molar-refractivity contribution in [1.82, 2.24) is 0 Å². The zero-order valence-electron chi connectivity index (χ0n) is 10.6. The molecule has 0 N–H and O–H groups in total. The topological polar surface area (TPSA) is 9.23 Å². The van der Waals surface area contributed by atoms with Crippen LogP contribution in [0.3, 0.4) is 0 Å². The van der Waals surface area contributed by atoms with Gasteiger partial charge in [0.25, 0.3) is 0 Å². The van der Waals surface area contributed by atoms with Crippen molar-refractivity contribution in [2.45, 2.75) is 12.3 Å². The van der Waals surface area contributed by atoms with Crippen LogP contribution in [-0.2, 0) is 0 Å². The van der Waals surface area contributed by atoms with E-state index in [0.29, 0.717) is 18.4 Å². The quantitative estimate of drug-likeness (QED) is 0.671. The van der Waals surface area contributed by atoms with Gasteiger partial charge in [-0.25, -0.2) is 0 Å². The fourth-order valence-corrected chi connectivity index (χ4v) is 2.36. The molecule has 0 saturated heterocycles. The average Bonchev–Trinajstić information content (AvgIpc) is 2.46. The highest BCUT2D eigenvalue weighted by Crippen LogP contribution is 2.23. The normalized spacial score (nSPS) is 12.1. The summed E-state index contributed by atoms with van der Waals surface area (Å²) in [6, 6.07) is 17.7. The van der Waals surface area contributed by atoms with Gasteiger partial charge in [-0.2, -0.15) is 0 Å². The minimum Gasteiger partial charge on any atom is -0.494 e. The molecule has 0 bridgehead atoms. The van der Waals surface area contributed by atoms with Gasteiger partial charge in [0.1, 0.15) is 5.75 Å². The molecule has 2 aromatic rings. The zero-order valence-corrected chi connectivity index (χ0v) is 12.1. The standard InChI is InChI=1S/C16H16Cl2O/c17-12-14(13-6-8-15(18)9-7-13)10-11-19-16-4-2-1-3-5-16/h1-9,14H,10-12H2. The van der Waals surface area contributed by atoms with E-state index in [1.54, 1.807) is 0 Å². The van der Waals surface area contributed by atoms with Crippen LogP contribution in [0.4, 0.5) is 0 Å². The Bertz CT molecular complexity index is 482. The lowest BCUT2D eigenvalue weighted by molar-refractivity contribution is 0.301. The SMILES string of the molecule is ClCC(CCOc1ccccc1)c1ccc(Cl)cc1. The van der Waals surface area contributed by atoms with E-state index in [1.165, 1.54) is 5.56 Å². The van der Waals surface area contributed by atoms with Crippen LogP contribution in [0.15, 0.2) is 54.6 Å². The van der Waals surface area contributed by atoms with Crippen LogP contribution in [0.5, 0.6) is 5.75 Å². The van der Waals surface area contributed by atoms with Gasteiger partial charge in [0.2, 0.25) is 0 Å². The van der Waals surface area contributed by atoms with Crippen LogP contribution >= 0.6 is 23.2 Å². The number of rotatable bonds is 6. The van der Waals surface area contributed by atoms with Crippen molar-refractivity contribution in [3.05, 3.63) is 65.2 Å². The van der Waals surface area contributed by atoms with Gasteiger partial charge in [0, 0.05) is 16.8 Å². The third-order valence-corrected chi connectivity index (χ3v) is 3.63. The van der Waals surface area contributed by atoms with Crippen LogP contribution < -0.4 is 4.74 Å². The molecule has 0 fully saturated rings. The highest BCUT2D eigenvalue weighted by Gasteiger charge is 2.10. The van der Waals surface area contributed by atoms with Gasteiger partial charge < -0.3 is 4.74 Å². The summed E-state index contributed by atoms with van der Waals surface area (Å²) in [6.45, 7) is 0.657. The largest absolute Gasteiger partial charge is 0.494 e. The van der Waals surface area contributed by atoms with E-state index in [2.05, 4.69) is 0 Å². The van der Waals surface area contributed by atoms with Gasteiger partial charge in [-0.1, -0.05) is 41.9 Å². The minimum atomic E-state index is 0.294. The number of alkyl halides is 1. The second-order valence-corrected chi connectivity index (χ2v) is 5.10. The Morgan fingerprint density at radius 2 is 1.63 bits per heavy atom. The van der Waals surface area contributed by atoms with Crippen molar-refractivity contribution in [2.24, 2.45) is 0 Å². The Morgan fingerprint density at radius 3 is 2.26 bits per heavy atom. The fourth-order valence-electron chi connectivity index (χ4n) is 1.90.